The number of hydrogen-bond acceptors (Lipinski definition) is 2. The predicted molar refractivity (Wildman–Crippen MR) is 71.9 cm³/mol. The molecule has 1 rings (SSSR count). The largest absolute Gasteiger partial charge is 0.249 e. The molecule has 1 aromatic heterocycles. The lowest BCUT2D eigenvalue weighted by Gasteiger charge is -2.15. The Balaban J connectivity index is 2.40. The van der Waals surface area contributed by atoms with E-state index < -0.39 is 0 Å². The molecule has 0 spiro atoms. The van der Waals surface area contributed by atoms with Crippen LogP contribution in [-0.4, -0.2) is 15.0 Å². The molecule has 0 aliphatic carbocycles. The van der Waals surface area contributed by atoms with Crippen molar-refractivity contribution in [2.75, 3.05) is 0 Å². The highest BCUT2D eigenvalue weighted by molar-refractivity contribution is 4.93. The standard InChI is InChI=1S/C14H27N3/c1-5-6-7-8-14-11-15-16-17(14)10-9-13(4)12(2)3/h11-13H,5-10H2,1-4H3. The van der Waals surface area contributed by atoms with Crippen molar-refractivity contribution >= 4 is 0 Å². The minimum Gasteiger partial charge on any atom is -0.249 e. The zero-order valence-corrected chi connectivity index (χ0v) is 11.8. The number of unbranched alkanes of at least 4 members (excludes halogenated alkanes) is 2. The van der Waals surface area contributed by atoms with Gasteiger partial charge in [-0.3, -0.25) is 0 Å². The molecular formula is C14H27N3. The van der Waals surface area contributed by atoms with Gasteiger partial charge in [0.1, 0.15) is 0 Å². The molecule has 3 heteroatoms. The Morgan fingerprint density at radius 1 is 1.24 bits per heavy atom. The van der Waals surface area contributed by atoms with Crippen LogP contribution in [0.3, 0.4) is 0 Å². The van der Waals surface area contributed by atoms with Crippen LogP contribution in [0.5, 0.6) is 0 Å². The molecule has 0 N–H and O–H groups in total. The van der Waals surface area contributed by atoms with Gasteiger partial charge in [0.05, 0.1) is 11.9 Å². The Labute approximate surface area is 106 Å². The minimum atomic E-state index is 0.752. The highest BCUT2D eigenvalue weighted by atomic mass is 15.4. The molecule has 0 radical (unpaired) electrons. The average Bonchev–Trinajstić information content (AvgIpc) is 2.74. The summed E-state index contributed by atoms with van der Waals surface area (Å²) in [5.41, 5.74) is 1.30. The van der Waals surface area contributed by atoms with Crippen LogP contribution < -0.4 is 0 Å². The molecule has 1 unspecified atom stereocenters. The van der Waals surface area contributed by atoms with Gasteiger partial charge in [-0.2, -0.15) is 0 Å². The Morgan fingerprint density at radius 3 is 2.65 bits per heavy atom. The van der Waals surface area contributed by atoms with E-state index in [0.29, 0.717) is 0 Å². The van der Waals surface area contributed by atoms with E-state index in [9.17, 15) is 0 Å². The lowest BCUT2D eigenvalue weighted by atomic mass is 9.95. The molecule has 17 heavy (non-hydrogen) atoms. The molecule has 0 saturated carbocycles. The molecule has 3 nitrogen and oxygen atoms in total. The normalized spacial score (nSPS) is 13.2. The summed E-state index contributed by atoms with van der Waals surface area (Å²) >= 11 is 0. The molecule has 0 bridgehead atoms. The van der Waals surface area contributed by atoms with E-state index >= 15 is 0 Å². The Bertz CT molecular complexity index is 304. The van der Waals surface area contributed by atoms with Crippen molar-refractivity contribution in [1.29, 1.82) is 0 Å². The Kier molecular flexibility index (Phi) is 6.23. The van der Waals surface area contributed by atoms with E-state index in [-0.39, 0.29) is 0 Å². The van der Waals surface area contributed by atoms with E-state index in [2.05, 4.69) is 42.7 Å². The first kappa shape index (κ1) is 14.2. The molecule has 1 atom stereocenters. The van der Waals surface area contributed by atoms with Crippen LogP contribution >= 0.6 is 0 Å². The third kappa shape index (κ3) is 4.88. The summed E-state index contributed by atoms with van der Waals surface area (Å²) in [6.07, 6.45) is 8.07. The molecule has 0 saturated heterocycles. The fourth-order valence-corrected chi connectivity index (χ4v) is 1.88. The first-order valence-corrected chi connectivity index (χ1v) is 7.02. The summed E-state index contributed by atoms with van der Waals surface area (Å²) in [5, 5.41) is 8.23. The van der Waals surface area contributed by atoms with E-state index in [1.165, 1.54) is 31.4 Å². The van der Waals surface area contributed by atoms with E-state index in [4.69, 9.17) is 0 Å². The van der Waals surface area contributed by atoms with Crippen molar-refractivity contribution in [2.24, 2.45) is 11.8 Å². The molecule has 0 aliphatic heterocycles. The van der Waals surface area contributed by atoms with E-state index in [1.807, 2.05) is 6.20 Å². The lowest BCUT2D eigenvalue weighted by molar-refractivity contribution is 0.355. The summed E-state index contributed by atoms with van der Waals surface area (Å²) in [6, 6.07) is 0. The van der Waals surface area contributed by atoms with Gasteiger partial charge in [0.15, 0.2) is 0 Å². The predicted octanol–water partition coefficient (Wildman–Crippen LogP) is 3.69. The summed E-state index contributed by atoms with van der Waals surface area (Å²) in [7, 11) is 0. The first-order chi connectivity index (χ1) is 8.15. The Hall–Kier alpha value is -0.860. The quantitative estimate of drug-likeness (QED) is 0.646. The second-order valence-corrected chi connectivity index (χ2v) is 5.42. The van der Waals surface area contributed by atoms with Gasteiger partial charge in [0.25, 0.3) is 0 Å². The van der Waals surface area contributed by atoms with Crippen LogP contribution in [0.1, 0.15) is 59.1 Å². The monoisotopic (exact) mass is 237 g/mol. The fourth-order valence-electron chi connectivity index (χ4n) is 1.88. The smallest absolute Gasteiger partial charge is 0.0725 e. The molecule has 0 amide bonds. The first-order valence-electron chi connectivity index (χ1n) is 7.02. The lowest BCUT2D eigenvalue weighted by Crippen LogP contribution is -2.11. The van der Waals surface area contributed by atoms with Gasteiger partial charge in [0, 0.05) is 6.54 Å². The van der Waals surface area contributed by atoms with Gasteiger partial charge in [0.2, 0.25) is 0 Å². The van der Waals surface area contributed by atoms with Gasteiger partial charge >= 0.3 is 0 Å². The molecule has 0 fully saturated rings. The maximum absolute atomic E-state index is 4.19. The maximum atomic E-state index is 4.19. The van der Waals surface area contributed by atoms with Crippen LogP contribution in [0.25, 0.3) is 0 Å². The topological polar surface area (TPSA) is 30.7 Å². The van der Waals surface area contributed by atoms with Gasteiger partial charge in [-0.1, -0.05) is 45.7 Å². The maximum Gasteiger partial charge on any atom is 0.0725 e. The minimum absolute atomic E-state index is 0.752. The summed E-state index contributed by atoms with van der Waals surface area (Å²) in [4.78, 5) is 0. The van der Waals surface area contributed by atoms with E-state index in [0.717, 1.165) is 24.8 Å². The average molecular weight is 237 g/mol. The highest BCUT2D eigenvalue weighted by Crippen LogP contribution is 2.15. The summed E-state index contributed by atoms with van der Waals surface area (Å²) in [6.45, 7) is 10.1. The fraction of sp³-hybridized carbons (Fsp3) is 0.857. The second-order valence-electron chi connectivity index (χ2n) is 5.42. The number of aromatic nitrogens is 3. The molecular weight excluding hydrogens is 210 g/mol. The third-order valence-electron chi connectivity index (χ3n) is 3.67. The van der Waals surface area contributed by atoms with Crippen molar-refractivity contribution in [1.82, 2.24) is 15.0 Å². The zero-order valence-electron chi connectivity index (χ0n) is 11.8. The van der Waals surface area contributed by atoms with Crippen molar-refractivity contribution in [2.45, 2.75) is 66.3 Å². The third-order valence-corrected chi connectivity index (χ3v) is 3.67. The number of hydrogen-bond donors (Lipinski definition) is 0. The van der Waals surface area contributed by atoms with Crippen LogP contribution in [-0.2, 0) is 13.0 Å². The Morgan fingerprint density at radius 2 is 2.00 bits per heavy atom. The van der Waals surface area contributed by atoms with Gasteiger partial charge in [-0.25, -0.2) is 4.68 Å². The van der Waals surface area contributed by atoms with Crippen molar-refractivity contribution in [3.8, 4) is 0 Å². The zero-order chi connectivity index (χ0) is 12.7. The van der Waals surface area contributed by atoms with Crippen molar-refractivity contribution in [3.63, 3.8) is 0 Å². The molecule has 1 heterocycles. The van der Waals surface area contributed by atoms with Gasteiger partial charge < -0.3 is 0 Å². The van der Waals surface area contributed by atoms with E-state index in [1.54, 1.807) is 0 Å². The molecule has 1 aromatic rings. The SMILES string of the molecule is CCCCCc1cnnn1CCC(C)C(C)C. The van der Waals surface area contributed by atoms with Crippen molar-refractivity contribution < 1.29 is 0 Å². The molecule has 0 aliphatic rings. The highest BCUT2D eigenvalue weighted by Gasteiger charge is 2.09. The molecule has 98 valence electrons. The van der Waals surface area contributed by atoms with Gasteiger partial charge in [-0.15, -0.1) is 5.10 Å². The molecule has 0 aromatic carbocycles. The second kappa shape index (κ2) is 7.46. The van der Waals surface area contributed by atoms with Crippen molar-refractivity contribution in [3.05, 3.63) is 11.9 Å². The number of rotatable bonds is 8. The summed E-state index contributed by atoms with van der Waals surface area (Å²) in [5.74, 6) is 1.50. The van der Waals surface area contributed by atoms with Crippen LogP contribution in [0.2, 0.25) is 0 Å². The number of nitrogens with zero attached hydrogens (tertiary/aromatic N) is 3. The van der Waals surface area contributed by atoms with Crippen LogP contribution in [0.15, 0.2) is 6.20 Å². The van der Waals surface area contributed by atoms with Gasteiger partial charge in [-0.05, 0) is 31.1 Å². The number of aryl methyl sites for hydroxylation is 2. The van der Waals surface area contributed by atoms with Crippen LogP contribution in [0, 0.1) is 11.8 Å². The van der Waals surface area contributed by atoms with Crippen LogP contribution in [0.4, 0.5) is 0 Å². The summed E-state index contributed by atoms with van der Waals surface area (Å²) < 4.78 is 2.09.